The number of allylic oxidation sites excluding steroid dienone is 9. The van der Waals surface area contributed by atoms with Crippen molar-refractivity contribution in [3.8, 4) is 0 Å². The highest BCUT2D eigenvalue weighted by Crippen LogP contribution is 2.23. The molecule has 81 heavy (non-hydrogen) atoms. The summed E-state index contributed by atoms with van der Waals surface area (Å²) in [7, 11) is 0. The summed E-state index contributed by atoms with van der Waals surface area (Å²) >= 11 is 0. The van der Waals surface area contributed by atoms with Gasteiger partial charge >= 0.3 is 0 Å². The van der Waals surface area contributed by atoms with Crippen LogP contribution in [-0.4, -0.2) is 87.5 Å². The van der Waals surface area contributed by atoms with E-state index in [-0.39, 0.29) is 12.5 Å². The summed E-state index contributed by atoms with van der Waals surface area (Å²) < 4.78 is 11.3. The zero-order valence-electron chi connectivity index (χ0n) is 53.0. The van der Waals surface area contributed by atoms with Crippen LogP contribution in [-0.2, 0) is 14.3 Å². The predicted octanol–water partition coefficient (Wildman–Crippen LogP) is 19.0. The maximum Gasteiger partial charge on any atom is 0.220 e. The van der Waals surface area contributed by atoms with E-state index in [9.17, 15) is 30.3 Å². The summed E-state index contributed by atoms with van der Waals surface area (Å²) in [5.74, 6) is -0.173. The Labute approximate surface area is 500 Å². The molecule has 6 N–H and O–H groups in total. The highest BCUT2D eigenvalue weighted by molar-refractivity contribution is 5.76. The molecule has 0 aliphatic carbocycles. The molecule has 1 heterocycles. The molecule has 7 atom stereocenters. The lowest BCUT2D eigenvalue weighted by atomic mass is 9.99. The van der Waals surface area contributed by atoms with Crippen molar-refractivity contribution in [2.24, 2.45) is 0 Å². The van der Waals surface area contributed by atoms with E-state index in [1.54, 1.807) is 6.08 Å². The van der Waals surface area contributed by atoms with Crippen LogP contribution in [0.25, 0.3) is 0 Å². The summed E-state index contributed by atoms with van der Waals surface area (Å²) in [6.07, 6.45) is 77.5. The summed E-state index contributed by atoms with van der Waals surface area (Å²) in [5, 5.41) is 54.8. The van der Waals surface area contributed by atoms with Crippen molar-refractivity contribution < 1.29 is 39.8 Å². The van der Waals surface area contributed by atoms with Crippen LogP contribution in [0.15, 0.2) is 60.8 Å². The first-order chi connectivity index (χ1) is 39.8. The third-order valence-electron chi connectivity index (χ3n) is 16.6. The van der Waals surface area contributed by atoms with E-state index in [0.717, 1.165) is 64.2 Å². The van der Waals surface area contributed by atoms with E-state index in [1.165, 1.54) is 250 Å². The quantitative estimate of drug-likeness (QED) is 0.0261. The topological polar surface area (TPSA) is 149 Å². The van der Waals surface area contributed by atoms with E-state index >= 15 is 0 Å². The standard InChI is InChI=1S/C72H133NO8/c1-3-5-7-9-11-13-15-17-19-21-23-25-27-29-31-33-35-37-39-41-43-45-47-49-51-53-55-57-59-61-66(75)65(64-80-72-71(79)70(78)69(77)67(63-74)81-72)73-68(76)62-60-58-56-54-52-50-48-46-44-42-40-38-36-34-32-30-28-26-24-22-20-18-16-14-12-10-8-6-4-2/h6,8,12,14,18,20,24,26,59,61,65-67,69-72,74-75,77-79H,3-5,7,9-11,13,15-17,19,21-23,25,27-58,60,62-64H2,1-2H3,(H,73,76)/b8-6-,14-12-,20-18-,26-24-,61-59+. The van der Waals surface area contributed by atoms with Crippen molar-refractivity contribution in [2.75, 3.05) is 13.2 Å². The number of aliphatic hydroxyl groups is 5. The number of hydrogen-bond acceptors (Lipinski definition) is 8. The Morgan fingerprint density at radius 2 is 0.765 bits per heavy atom. The summed E-state index contributed by atoms with van der Waals surface area (Å²) in [5.41, 5.74) is 0. The maximum atomic E-state index is 13.1. The molecule has 1 fully saturated rings. The Bertz CT molecular complexity index is 1460. The average molecular weight is 1140 g/mol. The van der Waals surface area contributed by atoms with E-state index in [0.29, 0.717) is 6.42 Å². The summed E-state index contributed by atoms with van der Waals surface area (Å²) in [6.45, 7) is 3.71. The fraction of sp³-hybridized carbons (Fsp3) is 0.847. The lowest BCUT2D eigenvalue weighted by Gasteiger charge is -2.40. The second-order valence-corrected chi connectivity index (χ2v) is 24.3. The number of nitrogens with one attached hydrogen (secondary N) is 1. The molecule has 1 rings (SSSR count). The lowest BCUT2D eigenvalue weighted by Crippen LogP contribution is -2.60. The number of unbranched alkanes of at least 4 members (excludes halogenated alkanes) is 43. The molecule has 1 amide bonds. The molecule has 0 aromatic rings. The zero-order chi connectivity index (χ0) is 58.6. The first kappa shape index (κ1) is 76.9. The zero-order valence-corrected chi connectivity index (χ0v) is 53.0. The Balaban J connectivity index is 2.13. The van der Waals surface area contributed by atoms with Crippen molar-refractivity contribution >= 4 is 5.91 Å². The van der Waals surface area contributed by atoms with Gasteiger partial charge in [0.15, 0.2) is 6.29 Å². The minimum absolute atomic E-state index is 0.173. The highest BCUT2D eigenvalue weighted by Gasteiger charge is 2.44. The van der Waals surface area contributed by atoms with Crippen LogP contribution >= 0.6 is 0 Å². The fourth-order valence-corrected chi connectivity index (χ4v) is 11.2. The molecule has 0 aromatic heterocycles. The Hall–Kier alpha value is -2.11. The third kappa shape index (κ3) is 49.8. The van der Waals surface area contributed by atoms with Crippen molar-refractivity contribution in [2.45, 2.75) is 378 Å². The molecule has 0 saturated carbocycles. The van der Waals surface area contributed by atoms with Gasteiger partial charge in [-0.05, 0) is 57.8 Å². The van der Waals surface area contributed by atoms with E-state index < -0.39 is 49.5 Å². The molecule has 0 aromatic carbocycles. The fourth-order valence-electron chi connectivity index (χ4n) is 11.2. The van der Waals surface area contributed by atoms with Crippen LogP contribution in [0.1, 0.15) is 335 Å². The number of carbonyl (C=O) groups is 1. The van der Waals surface area contributed by atoms with Crippen LogP contribution < -0.4 is 5.32 Å². The van der Waals surface area contributed by atoms with Crippen molar-refractivity contribution in [1.82, 2.24) is 5.32 Å². The number of aliphatic hydroxyl groups excluding tert-OH is 5. The normalized spacial score (nSPS) is 18.7. The Morgan fingerprint density at radius 1 is 0.432 bits per heavy atom. The van der Waals surface area contributed by atoms with Crippen molar-refractivity contribution in [3.05, 3.63) is 60.8 Å². The number of amides is 1. The SMILES string of the molecule is CC/C=C\C/C=C\C/C=C\C/C=C\CCCCCCCCCCCCCCCCCCC(=O)NC(COC1OC(CO)C(O)C(O)C1O)C(O)/C=C/CCCCCCCCCCCCCCCCCCCCCCCCCCCCC. The predicted molar refractivity (Wildman–Crippen MR) is 346 cm³/mol. The minimum Gasteiger partial charge on any atom is -0.394 e. The summed E-state index contributed by atoms with van der Waals surface area (Å²) in [4.78, 5) is 13.1. The van der Waals surface area contributed by atoms with Crippen LogP contribution in [0.5, 0.6) is 0 Å². The van der Waals surface area contributed by atoms with Crippen LogP contribution in [0.4, 0.5) is 0 Å². The van der Waals surface area contributed by atoms with Gasteiger partial charge in [-0.15, -0.1) is 0 Å². The Morgan fingerprint density at radius 3 is 1.14 bits per heavy atom. The number of rotatable bonds is 61. The smallest absolute Gasteiger partial charge is 0.220 e. The van der Waals surface area contributed by atoms with Gasteiger partial charge in [-0.3, -0.25) is 4.79 Å². The molecular formula is C72H133NO8. The van der Waals surface area contributed by atoms with Gasteiger partial charge in [0.25, 0.3) is 0 Å². The molecule has 0 spiro atoms. The monoisotopic (exact) mass is 1140 g/mol. The van der Waals surface area contributed by atoms with Gasteiger partial charge in [-0.25, -0.2) is 0 Å². The third-order valence-corrected chi connectivity index (χ3v) is 16.6. The average Bonchev–Trinajstić information content (AvgIpc) is 3.51. The van der Waals surface area contributed by atoms with E-state index in [4.69, 9.17) is 9.47 Å². The summed E-state index contributed by atoms with van der Waals surface area (Å²) in [6, 6.07) is -0.808. The second-order valence-electron chi connectivity index (χ2n) is 24.3. The number of carbonyl (C=O) groups excluding carboxylic acids is 1. The molecule has 1 saturated heterocycles. The van der Waals surface area contributed by atoms with Crippen LogP contribution in [0.3, 0.4) is 0 Å². The van der Waals surface area contributed by atoms with Crippen LogP contribution in [0.2, 0.25) is 0 Å². The molecule has 9 heteroatoms. The molecule has 7 unspecified atom stereocenters. The maximum absolute atomic E-state index is 13.1. The van der Waals surface area contributed by atoms with Gasteiger partial charge in [0.05, 0.1) is 25.4 Å². The Kier molecular flexibility index (Phi) is 57.9. The van der Waals surface area contributed by atoms with Gasteiger partial charge in [0.2, 0.25) is 5.91 Å². The van der Waals surface area contributed by atoms with Crippen molar-refractivity contribution in [1.29, 1.82) is 0 Å². The van der Waals surface area contributed by atoms with Crippen LogP contribution in [0, 0.1) is 0 Å². The molecule has 9 nitrogen and oxygen atoms in total. The van der Waals surface area contributed by atoms with Crippen molar-refractivity contribution in [3.63, 3.8) is 0 Å². The second kappa shape index (κ2) is 61.0. The number of ether oxygens (including phenoxy) is 2. The van der Waals surface area contributed by atoms with Gasteiger partial charge in [0.1, 0.15) is 24.4 Å². The molecule has 0 bridgehead atoms. The lowest BCUT2D eigenvalue weighted by molar-refractivity contribution is -0.302. The first-order valence-electron chi connectivity index (χ1n) is 35.0. The van der Waals surface area contributed by atoms with Gasteiger partial charge < -0.3 is 40.3 Å². The van der Waals surface area contributed by atoms with Gasteiger partial charge in [0, 0.05) is 6.42 Å². The van der Waals surface area contributed by atoms with E-state index in [1.807, 2.05) is 6.08 Å². The molecular weight excluding hydrogens is 1010 g/mol. The molecule has 0 radical (unpaired) electrons. The first-order valence-corrected chi connectivity index (χ1v) is 35.0. The molecule has 474 valence electrons. The molecule has 1 aliphatic rings. The number of hydrogen-bond donors (Lipinski definition) is 6. The highest BCUT2D eigenvalue weighted by atomic mass is 16.7. The molecule has 1 aliphatic heterocycles. The largest absolute Gasteiger partial charge is 0.394 e. The van der Waals surface area contributed by atoms with Gasteiger partial charge in [-0.1, -0.05) is 331 Å². The van der Waals surface area contributed by atoms with Gasteiger partial charge in [-0.2, -0.15) is 0 Å². The minimum atomic E-state index is -1.57. The van der Waals surface area contributed by atoms with E-state index in [2.05, 4.69) is 67.8 Å².